The molecule has 0 aliphatic carbocycles. The van der Waals surface area contributed by atoms with Gasteiger partial charge in [0.15, 0.2) is 0 Å². The largest absolute Gasteiger partial charge is 0.457 e. The number of pyridine rings is 1. The number of aryl methyl sites for hydroxylation is 3. The van der Waals surface area contributed by atoms with E-state index in [0.717, 1.165) is 84.8 Å². The fraction of sp³-hybridized carbons (Fsp3) is 0.230. The SMILES string of the molecule is Cc1cc(C)c(-c2cc(Oc3ccc4c5ccccc5n(-c5cc(C(C)(C)C)ccn5)c4c3)cc(N3CN(c4c(C(C)C)cc(-c5c(F)cc(F)cc5F)cc4C(C)C)c4ccccc43)c2)c(C)c1. The Bertz CT molecular complexity index is 3410. The minimum Gasteiger partial charge on any atom is -0.457 e. The average molecular weight is 919 g/mol. The second-order valence-corrected chi connectivity index (χ2v) is 20.3. The Morgan fingerprint density at radius 3 is 1.84 bits per heavy atom. The van der Waals surface area contributed by atoms with E-state index in [0.29, 0.717) is 23.7 Å². The zero-order chi connectivity index (χ0) is 48.6. The third-order valence-electron chi connectivity index (χ3n) is 13.6. The number of rotatable bonds is 9. The van der Waals surface area contributed by atoms with Gasteiger partial charge in [-0.05, 0) is 149 Å². The van der Waals surface area contributed by atoms with E-state index in [1.165, 1.54) is 22.3 Å². The highest BCUT2D eigenvalue weighted by Crippen LogP contribution is 2.51. The fourth-order valence-electron chi connectivity index (χ4n) is 10.4. The van der Waals surface area contributed by atoms with Crippen molar-refractivity contribution in [3.05, 3.63) is 190 Å². The van der Waals surface area contributed by atoms with Crippen molar-refractivity contribution in [2.24, 2.45) is 0 Å². The van der Waals surface area contributed by atoms with E-state index < -0.39 is 17.5 Å². The first-order chi connectivity index (χ1) is 32.9. The highest BCUT2D eigenvalue weighted by molar-refractivity contribution is 6.09. The van der Waals surface area contributed by atoms with Crippen molar-refractivity contribution in [3.8, 4) is 39.6 Å². The van der Waals surface area contributed by atoms with Crippen LogP contribution in [0.2, 0.25) is 0 Å². The molecule has 69 heavy (non-hydrogen) atoms. The molecular weight excluding hydrogens is 862 g/mol. The van der Waals surface area contributed by atoms with Crippen molar-refractivity contribution >= 4 is 44.6 Å². The van der Waals surface area contributed by atoms with Gasteiger partial charge in [-0.1, -0.05) is 96.5 Å². The lowest BCUT2D eigenvalue weighted by Gasteiger charge is -2.30. The normalized spacial score (nSPS) is 12.9. The smallest absolute Gasteiger partial charge is 0.137 e. The summed E-state index contributed by atoms with van der Waals surface area (Å²) in [6.07, 6.45) is 1.90. The maximum absolute atomic E-state index is 15.4. The predicted octanol–water partition coefficient (Wildman–Crippen LogP) is 17.4. The fourth-order valence-corrected chi connectivity index (χ4v) is 10.4. The Morgan fingerprint density at radius 1 is 0.580 bits per heavy atom. The van der Waals surface area contributed by atoms with Crippen LogP contribution in [-0.4, -0.2) is 16.2 Å². The number of ether oxygens (including phenoxy) is 1. The minimum absolute atomic E-state index is 0.0182. The van der Waals surface area contributed by atoms with Crippen molar-refractivity contribution in [1.29, 1.82) is 0 Å². The summed E-state index contributed by atoms with van der Waals surface area (Å²) in [4.78, 5) is 9.55. The number of hydrogen-bond acceptors (Lipinski definition) is 4. The molecule has 7 aromatic carbocycles. The molecule has 0 atom stereocenters. The number of anilines is 4. The van der Waals surface area contributed by atoms with E-state index >= 15 is 8.78 Å². The van der Waals surface area contributed by atoms with E-state index in [-0.39, 0.29) is 22.8 Å². The van der Waals surface area contributed by atoms with Gasteiger partial charge in [-0.25, -0.2) is 18.2 Å². The quantitative estimate of drug-likeness (QED) is 0.144. The molecule has 0 N–H and O–H groups in total. The molecule has 8 heteroatoms. The maximum Gasteiger partial charge on any atom is 0.137 e. The topological polar surface area (TPSA) is 33.5 Å². The molecule has 1 aliphatic rings. The van der Waals surface area contributed by atoms with Crippen LogP contribution >= 0.6 is 0 Å². The Hall–Kier alpha value is -7.32. The molecule has 1 aliphatic heterocycles. The Balaban J connectivity index is 1.12. The number of aromatic nitrogens is 2. The monoisotopic (exact) mass is 918 g/mol. The van der Waals surface area contributed by atoms with Crippen LogP contribution in [0, 0.1) is 38.2 Å². The standard InChI is InChI=1S/C61H57F3N4O/c1-35(2)49-27-41(59-51(63)30-43(62)31-52(59)64)28-50(36(3)4)60(49)67-34-66(54-17-13-14-18-55(54)67)44-25-40(58-38(6)23-37(5)24-39(58)7)26-46(32-44)69-45-19-20-48-47-15-11-12-16-53(47)68(56(48)33-45)57-29-42(21-22-65-57)61(8,9)10/h11-33,35-36H,34H2,1-10H3. The zero-order valence-electron chi connectivity index (χ0n) is 41.0. The molecule has 0 unspecified atom stereocenters. The summed E-state index contributed by atoms with van der Waals surface area (Å²) in [5.41, 5.74) is 14.9. The molecule has 0 amide bonds. The summed E-state index contributed by atoms with van der Waals surface area (Å²) in [5, 5.41) is 2.25. The van der Waals surface area contributed by atoms with Crippen LogP contribution in [0.15, 0.2) is 140 Å². The Kier molecular flexibility index (Phi) is 11.4. The van der Waals surface area contributed by atoms with Crippen LogP contribution in [0.25, 0.3) is 49.9 Å². The lowest BCUT2D eigenvalue weighted by atomic mass is 9.87. The lowest BCUT2D eigenvalue weighted by Crippen LogP contribution is -2.26. The first kappa shape index (κ1) is 45.5. The van der Waals surface area contributed by atoms with Gasteiger partial charge in [0.2, 0.25) is 0 Å². The summed E-state index contributed by atoms with van der Waals surface area (Å²) in [6.45, 7) is 22.0. The molecule has 0 saturated heterocycles. The minimum atomic E-state index is -0.946. The van der Waals surface area contributed by atoms with Gasteiger partial charge in [0.25, 0.3) is 0 Å². The lowest BCUT2D eigenvalue weighted by molar-refractivity contribution is 0.483. The van der Waals surface area contributed by atoms with Gasteiger partial charge in [-0.2, -0.15) is 0 Å². The van der Waals surface area contributed by atoms with Crippen LogP contribution in [0.1, 0.15) is 93.7 Å². The summed E-state index contributed by atoms with van der Waals surface area (Å²) < 4.78 is 54.3. The molecule has 348 valence electrons. The zero-order valence-corrected chi connectivity index (χ0v) is 41.0. The highest BCUT2D eigenvalue weighted by Gasteiger charge is 2.33. The third-order valence-corrected chi connectivity index (χ3v) is 13.6. The number of nitrogens with zero attached hydrogens (tertiary/aromatic N) is 4. The van der Waals surface area contributed by atoms with E-state index in [1.54, 1.807) is 0 Å². The molecule has 0 bridgehead atoms. The maximum atomic E-state index is 15.4. The summed E-state index contributed by atoms with van der Waals surface area (Å²) >= 11 is 0. The number of hydrogen-bond donors (Lipinski definition) is 0. The number of para-hydroxylation sites is 3. The van der Waals surface area contributed by atoms with Gasteiger partial charge < -0.3 is 14.5 Å². The Morgan fingerprint density at radius 2 is 1.19 bits per heavy atom. The Labute approximate surface area is 403 Å². The van der Waals surface area contributed by atoms with Gasteiger partial charge in [-0.3, -0.25) is 4.57 Å². The number of fused-ring (bicyclic) bond motifs is 4. The van der Waals surface area contributed by atoms with Crippen molar-refractivity contribution in [3.63, 3.8) is 0 Å². The van der Waals surface area contributed by atoms with Crippen LogP contribution < -0.4 is 14.5 Å². The molecule has 9 aromatic rings. The van der Waals surface area contributed by atoms with Crippen molar-refractivity contribution in [2.75, 3.05) is 16.5 Å². The van der Waals surface area contributed by atoms with Crippen LogP contribution in [0.3, 0.4) is 0 Å². The van der Waals surface area contributed by atoms with Gasteiger partial charge in [0.1, 0.15) is 41.4 Å². The highest BCUT2D eigenvalue weighted by atomic mass is 19.1. The van der Waals surface area contributed by atoms with E-state index in [2.05, 4.69) is 181 Å². The predicted molar refractivity (Wildman–Crippen MR) is 279 cm³/mol. The van der Waals surface area contributed by atoms with Gasteiger partial charge in [0.05, 0.1) is 28.0 Å². The third kappa shape index (κ3) is 8.19. The molecule has 0 radical (unpaired) electrons. The first-order valence-electron chi connectivity index (χ1n) is 23.8. The summed E-state index contributed by atoms with van der Waals surface area (Å²) in [6, 6.07) is 43.6. The molecule has 0 saturated carbocycles. The molecule has 5 nitrogen and oxygen atoms in total. The second-order valence-electron chi connectivity index (χ2n) is 20.3. The molecule has 3 heterocycles. The number of halogens is 3. The first-order valence-corrected chi connectivity index (χ1v) is 23.8. The van der Waals surface area contributed by atoms with Gasteiger partial charge in [0, 0.05) is 52.6 Å². The molecule has 0 fully saturated rings. The summed E-state index contributed by atoms with van der Waals surface area (Å²) in [7, 11) is 0. The average Bonchev–Trinajstić information content (AvgIpc) is 3.84. The molecule has 0 spiro atoms. The van der Waals surface area contributed by atoms with Crippen LogP contribution in [-0.2, 0) is 5.41 Å². The molecular formula is C61H57F3N4O. The van der Waals surface area contributed by atoms with E-state index in [9.17, 15) is 4.39 Å². The molecule has 10 rings (SSSR count). The number of benzene rings is 7. The summed E-state index contributed by atoms with van der Waals surface area (Å²) in [5.74, 6) is -0.605. The van der Waals surface area contributed by atoms with Crippen LogP contribution in [0.5, 0.6) is 11.5 Å². The van der Waals surface area contributed by atoms with Crippen LogP contribution in [0.4, 0.5) is 35.9 Å². The van der Waals surface area contributed by atoms with Crippen molar-refractivity contribution in [1.82, 2.24) is 9.55 Å². The van der Waals surface area contributed by atoms with E-state index in [1.807, 2.05) is 30.5 Å². The second kappa shape index (κ2) is 17.3. The van der Waals surface area contributed by atoms with Gasteiger partial charge in [-0.15, -0.1) is 0 Å². The van der Waals surface area contributed by atoms with E-state index in [4.69, 9.17) is 9.72 Å². The van der Waals surface area contributed by atoms with Crippen molar-refractivity contribution < 1.29 is 17.9 Å². The van der Waals surface area contributed by atoms with Crippen molar-refractivity contribution in [2.45, 2.75) is 86.5 Å². The molecule has 2 aromatic heterocycles. The van der Waals surface area contributed by atoms with Gasteiger partial charge >= 0.3 is 0 Å².